The first-order valence-corrected chi connectivity index (χ1v) is 1.54. The lowest BCUT2D eigenvalue weighted by Crippen LogP contribution is -2.04. The monoisotopic (exact) mass is 104 g/mol. The smallest absolute Gasteiger partial charge is 0.341 e. The third-order valence-electron chi connectivity index (χ3n) is 0.275. The van der Waals surface area contributed by atoms with E-state index in [0.717, 1.165) is 0 Å². The number of hydrogen-bond donors (Lipinski definition) is 1. The van der Waals surface area contributed by atoms with Gasteiger partial charge in [-0.05, 0) is 0 Å². The molecule has 4 nitrogen and oxygen atoms in total. The molecule has 40 valence electrons. The zero-order chi connectivity index (χ0) is 5.70. The summed E-state index contributed by atoms with van der Waals surface area (Å²) in [4.78, 5) is 18.7. The van der Waals surface area contributed by atoms with Crippen LogP contribution in [0.1, 0.15) is 0 Å². The fraction of sp³-hybridized carbons (Fsp3) is 0.333. The van der Waals surface area contributed by atoms with E-state index in [2.05, 4.69) is 4.74 Å². The van der Waals surface area contributed by atoms with Gasteiger partial charge in [-0.3, -0.25) is 4.79 Å². The van der Waals surface area contributed by atoms with Gasteiger partial charge in [0.1, 0.15) is 0 Å². The minimum Gasteiger partial charge on any atom is -0.479 e. The number of carbonyl (C=O) groups is 2. The van der Waals surface area contributed by atoms with Crippen LogP contribution in [0.4, 0.5) is 0 Å². The second-order valence-corrected chi connectivity index (χ2v) is 0.801. The van der Waals surface area contributed by atoms with Crippen LogP contribution in [0.25, 0.3) is 0 Å². The van der Waals surface area contributed by atoms with E-state index in [1.54, 1.807) is 0 Å². The standard InChI is InChI=1S/C3H4O4/c4-2-7-1-3(5)6/h2H,1H2,(H,5,6). The number of carbonyl (C=O) groups excluding carboxylic acids is 1. The zero-order valence-electron chi connectivity index (χ0n) is 3.46. The maximum Gasteiger partial charge on any atom is 0.341 e. The first-order chi connectivity index (χ1) is 3.27. The molecule has 4 heteroatoms. The van der Waals surface area contributed by atoms with Gasteiger partial charge < -0.3 is 9.84 Å². The molecule has 0 aliphatic heterocycles. The number of rotatable bonds is 3. The molecular formula is C3H4O4. The van der Waals surface area contributed by atoms with Crippen LogP contribution in [-0.4, -0.2) is 24.2 Å². The molecule has 0 spiro atoms. The number of ether oxygens (including phenoxy) is 1. The van der Waals surface area contributed by atoms with E-state index < -0.39 is 12.6 Å². The van der Waals surface area contributed by atoms with Crippen molar-refractivity contribution in [1.29, 1.82) is 0 Å². The van der Waals surface area contributed by atoms with Crippen LogP contribution in [0, 0.1) is 0 Å². The average Bonchev–Trinajstić information content (AvgIpc) is 1.61. The minimum absolute atomic E-state index is 0.0914. The molecule has 7 heavy (non-hydrogen) atoms. The van der Waals surface area contributed by atoms with Crippen LogP contribution in [0.15, 0.2) is 0 Å². The van der Waals surface area contributed by atoms with E-state index in [9.17, 15) is 9.59 Å². The number of carboxylic acid groups (broad SMARTS) is 1. The molecule has 0 amide bonds. The highest BCUT2D eigenvalue weighted by Gasteiger charge is 1.90. The first-order valence-electron chi connectivity index (χ1n) is 1.54. The van der Waals surface area contributed by atoms with Crippen LogP contribution in [0.2, 0.25) is 0 Å². The summed E-state index contributed by atoms with van der Waals surface area (Å²) in [5.41, 5.74) is 0. The van der Waals surface area contributed by atoms with Gasteiger partial charge in [0.25, 0.3) is 6.47 Å². The van der Waals surface area contributed by atoms with E-state index in [1.165, 1.54) is 0 Å². The molecule has 0 atom stereocenters. The fourth-order valence-electron chi connectivity index (χ4n) is 0.105. The fourth-order valence-corrected chi connectivity index (χ4v) is 0.105. The van der Waals surface area contributed by atoms with Crippen molar-refractivity contribution in [3.8, 4) is 0 Å². The van der Waals surface area contributed by atoms with E-state index >= 15 is 0 Å². The summed E-state index contributed by atoms with van der Waals surface area (Å²) in [7, 11) is 0. The van der Waals surface area contributed by atoms with Crippen molar-refractivity contribution in [2.24, 2.45) is 0 Å². The van der Waals surface area contributed by atoms with Gasteiger partial charge in [-0.25, -0.2) is 4.79 Å². The molecule has 1 N–H and O–H groups in total. The number of aliphatic carboxylic acids is 1. The predicted octanol–water partition coefficient (Wildman–Crippen LogP) is -0.756. The van der Waals surface area contributed by atoms with Crippen molar-refractivity contribution in [1.82, 2.24) is 0 Å². The Morgan fingerprint density at radius 1 is 1.86 bits per heavy atom. The van der Waals surface area contributed by atoms with Gasteiger partial charge in [0.15, 0.2) is 6.61 Å². The van der Waals surface area contributed by atoms with Gasteiger partial charge >= 0.3 is 5.97 Å². The van der Waals surface area contributed by atoms with E-state index in [0.29, 0.717) is 0 Å². The molecule has 0 aromatic rings. The van der Waals surface area contributed by atoms with Gasteiger partial charge in [-0.2, -0.15) is 0 Å². The first kappa shape index (κ1) is 5.94. The van der Waals surface area contributed by atoms with Gasteiger partial charge in [-0.1, -0.05) is 0 Å². The summed E-state index contributed by atoms with van der Waals surface area (Å²) < 4.78 is 3.81. The summed E-state index contributed by atoms with van der Waals surface area (Å²) in [5.74, 6) is -1.15. The Labute approximate surface area is 39.7 Å². The SMILES string of the molecule is O=COCC(=O)O. The summed E-state index contributed by atoms with van der Waals surface area (Å²) >= 11 is 0. The Morgan fingerprint density at radius 3 is 2.57 bits per heavy atom. The third kappa shape index (κ3) is 4.94. The number of hydrogen-bond acceptors (Lipinski definition) is 3. The van der Waals surface area contributed by atoms with Crippen molar-refractivity contribution in [3.63, 3.8) is 0 Å². The highest BCUT2D eigenvalue weighted by Crippen LogP contribution is 1.63. The quantitative estimate of drug-likeness (QED) is 0.478. The highest BCUT2D eigenvalue weighted by molar-refractivity contribution is 5.69. The Morgan fingerprint density at radius 2 is 2.43 bits per heavy atom. The van der Waals surface area contributed by atoms with Gasteiger partial charge in [0.05, 0.1) is 0 Å². The molecule has 0 aromatic carbocycles. The van der Waals surface area contributed by atoms with Gasteiger partial charge in [-0.15, -0.1) is 0 Å². The Bertz CT molecular complexity index is 77.0. The van der Waals surface area contributed by atoms with Crippen molar-refractivity contribution in [2.45, 2.75) is 0 Å². The van der Waals surface area contributed by atoms with Crippen LogP contribution in [0.3, 0.4) is 0 Å². The molecule has 0 radical (unpaired) electrons. The summed E-state index contributed by atoms with van der Waals surface area (Å²) in [5, 5.41) is 7.76. The van der Waals surface area contributed by atoms with Crippen molar-refractivity contribution < 1.29 is 19.4 Å². The van der Waals surface area contributed by atoms with Crippen molar-refractivity contribution in [3.05, 3.63) is 0 Å². The maximum absolute atomic E-state index is 9.47. The second kappa shape index (κ2) is 3.14. The van der Waals surface area contributed by atoms with Crippen LogP contribution < -0.4 is 0 Å². The van der Waals surface area contributed by atoms with E-state index in [4.69, 9.17) is 5.11 Å². The summed E-state index contributed by atoms with van der Waals surface area (Å²) in [6.07, 6.45) is 0. The Kier molecular flexibility index (Phi) is 2.67. The molecule has 0 aliphatic rings. The number of carboxylic acids is 1. The van der Waals surface area contributed by atoms with Crippen molar-refractivity contribution in [2.75, 3.05) is 6.61 Å². The lowest BCUT2D eigenvalue weighted by Gasteiger charge is -1.85. The third-order valence-corrected chi connectivity index (χ3v) is 0.275. The maximum atomic E-state index is 9.47. The molecule has 0 saturated heterocycles. The summed E-state index contributed by atoms with van der Waals surface area (Å²) in [6.45, 7) is -0.461. The second-order valence-electron chi connectivity index (χ2n) is 0.801. The van der Waals surface area contributed by atoms with Crippen molar-refractivity contribution >= 4 is 12.4 Å². The lowest BCUT2D eigenvalue weighted by atomic mass is 10.8. The zero-order valence-corrected chi connectivity index (χ0v) is 3.46. The molecule has 0 fully saturated rings. The molecule has 0 bridgehead atoms. The van der Waals surface area contributed by atoms with Crippen LogP contribution in [-0.2, 0) is 14.3 Å². The lowest BCUT2D eigenvalue weighted by molar-refractivity contribution is -0.147. The van der Waals surface area contributed by atoms with E-state index in [1.807, 2.05) is 0 Å². The molecule has 0 saturated carbocycles. The molecule has 0 rings (SSSR count). The normalized spacial score (nSPS) is 7.43. The average molecular weight is 104 g/mol. The molecule has 0 heterocycles. The van der Waals surface area contributed by atoms with Gasteiger partial charge in [0, 0.05) is 0 Å². The highest BCUT2D eigenvalue weighted by atomic mass is 16.5. The largest absolute Gasteiger partial charge is 0.479 e. The van der Waals surface area contributed by atoms with E-state index in [-0.39, 0.29) is 6.47 Å². The Hall–Kier alpha value is -1.06. The van der Waals surface area contributed by atoms with Crippen LogP contribution >= 0.6 is 0 Å². The summed E-state index contributed by atoms with van der Waals surface area (Å²) in [6, 6.07) is 0. The topological polar surface area (TPSA) is 63.6 Å². The minimum atomic E-state index is -1.15. The van der Waals surface area contributed by atoms with Gasteiger partial charge in [0.2, 0.25) is 0 Å². The predicted molar refractivity (Wildman–Crippen MR) is 19.7 cm³/mol. The molecule has 0 unspecified atom stereocenters. The van der Waals surface area contributed by atoms with Crippen LogP contribution in [0.5, 0.6) is 0 Å². The molecule has 0 aromatic heterocycles. The Balaban J connectivity index is 2.97. The molecule has 0 aliphatic carbocycles. The molecular weight excluding hydrogens is 100 g/mol.